The number of ether oxygens (including phenoxy) is 2. The Balaban J connectivity index is 2.23. The second kappa shape index (κ2) is 8.56. The van der Waals surface area contributed by atoms with Crippen LogP contribution in [0.4, 0.5) is 5.69 Å². The third kappa shape index (κ3) is 4.62. The van der Waals surface area contributed by atoms with Crippen molar-refractivity contribution in [3.8, 4) is 0 Å². The number of halogens is 1. The molecule has 0 radical (unpaired) electrons. The highest BCUT2D eigenvalue weighted by Gasteiger charge is 2.27. The normalized spacial score (nSPS) is 15.5. The molecule has 1 aliphatic heterocycles. The minimum atomic E-state index is -0.639. The first-order valence-corrected chi connectivity index (χ1v) is 7.95. The van der Waals surface area contributed by atoms with Gasteiger partial charge in [-0.25, -0.2) is 0 Å². The number of hydrogen-bond donors (Lipinski definition) is 3. The van der Waals surface area contributed by atoms with Crippen molar-refractivity contribution >= 4 is 29.0 Å². The number of benzene rings is 1. The van der Waals surface area contributed by atoms with Gasteiger partial charge in [0.1, 0.15) is 5.84 Å². The molecule has 0 aromatic heterocycles. The van der Waals surface area contributed by atoms with E-state index in [1.165, 1.54) is 0 Å². The maximum Gasteiger partial charge on any atom is 0.293 e. The van der Waals surface area contributed by atoms with Gasteiger partial charge in [0.05, 0.1) is 19.8 Å². The molecule has 0 atom stereocenters. The molecule has 0 spiro atoms. The average molecular weight is 354 g/mol. The molecule has 3 N–H and O–H groups in total. The number of rotatable bonds is 5. The van der Waals surface area contributed by atoms with Gasteiger partial charge in [0.25, 0.3) is 11.9 Å². The first kappa shape index (κ1) is 18.1. The van der Waals surface area contributed by atoms with Crippen LogP contribution < -0.4 is 5.32 Å². The molecule has 8 heteroatoms. The van der Waals surface area contributed by atoms with Crippen molar-refractivity contribution in [3.63, 3.8) is 0 Å². The van der Waals surface area contributed by atoms with E-state index >= 15 is 0 Å². The van der Waals surface area contributed by atoms with Crippen molar-refractivity contribution in [2.24, 2.45) is 0 Å². The molecule has 2 rings (SSSR count). The lowest BCUT2D eigenvalue weighted by atomic mass is 10.2. The summed E-state index contributed by atoms with van der Waals surface area (Å²) in [6.07, 6.45) is 0. The largest absolute Gasteiger partial charge is 0.480 e. The predicted molar refractivity (Wildman–Crippen MR) is 91.5 cm³/mol. The van der Waals surface area contributed by atoms with E-state index in [1.807, 2.05) is 0 Å². The molecule has 1 aromatic rings. The molecule has 1 saturated heterocycles. The summed E-state index contributed by atoms with van der Waals surface area (Å²) in [6, 6.07) is 6.61. The number of aliphatic hydroxyl groups is 1. The fourth-order valence-corrected chi connectivity index (χ4v) is 2.41. The van der Waals surface area contributed by atoms with Gasteiger partial charge in [-0.1, -0.05) is 17.7 Å². The van der Waals surface area contributed by atoms with Crippen LogP contribution in [0.5, 0.6) is 0 Å². The Hall–Kier alpha value is -2.25. The molecule has 1 aromatic carbocycles. The van der Waals surface area contributed by atoms with Crippen molar-refractivity contribution in [1.29, 1.82) is 5.41 Å². The summed E-state index contributed by atoms with van der Waals surface area (Å²) >= 11 is 5.90. The fraction of sp³-hybridized carbons (Fsp3) is 0.375. The second-order valence-corrected chi connectivity index (χ2v) is 5.46. The standard InChI is InChI=1S/C16H20ClN3O4/c1-2-24-16(22)13(14(18)20-6-8-23-9-7-20)15(21)19-12-5-3-4-11(17)10-12/h3-5,10,18,22H,2,6-9H2,1H3,(H,19,21)/b16-13-,18-14?. The zero-order valence-corrected chi connectivity index (χ0v) is 14.1. The van der Waals surface area contributed by atoms with E-state index in [4.69, 9.17) is 26.5 Å². The number of amides is 1. The number of morpholine rings is 1. The molecule has 130 valence electrons. The van der Waals surface area contributed by atoms with Crippen LogP contribution in [0.1, 0.15) is 6.92 Å². The minimum Gasteiger partial charge on any atom is -0.480 e. The Morgan fingerprint density at radius 3 is 2.79 bits per heavy atom. The molecule has 1 fully saturated rings. The summed E-state index contributed by atoms with van der Waals surface area (Å²) in [5, 5.41) is 21.4. The Morgan fingerprint density at radius 2 is 2.17 bits per heavy atom. The monoisotopic (exact) mass is 353 g/mol. The van der Waals surface area contributed by atoms with E-state index in [1.54, 1.807) is 36.1 Å². The smallest absolute Gasteiger partial charge is 0.293 e. The average Bonchev–Trinajstić information content (AvgIpc) is 2.56. The zero-order valence-electron chi connectivity index (χ0n) is 13.3. The Kier molecular flexibility index (Phi) is 6.45. The fourth-order valence-electron chi connectivity index (χ4n) is 2.22. The Labute approximate surface area is 145 Å². The van der Waals surface area contributed by atoms with E-state index in [0.29, 0.717) is 37.0 Å². The third-order valence-electron chi connectivity index (χ3n) is 3.37. The van der Waals surface area contributed by atoms with Gasteiger partial charge < -0.3 is 24.8 Å². The summed E-state index contributed by atoms with van der Waals surface area (Å²) in [7, 11) is 0. The highest BCUT2D eigenvalue weighted by molar-refractivity contribution is 6.31. The SMILES string of the molecule is CCO/C(O)=C(/C(=N)N1CCOCC1)C(=O)Nc1cccc(Cl)c1. The Bertz CT molecular complexity index is 642. The molecule has 1 aliphatic rings. The number of nitrogens with zero attached hydrogens (tertiary/aromatic N) is 1. The summed E-state index contributed by atoms with van der Waals surface area (Å²) < 4.78 is 10.3. The van der Waals surface area contributed by atoms with Crippen LogP contribution in [-0.2, 0) is 14.3 Å². The van der Waals surface area contributed by atoms with E-state index < -0.39 is 11.9 Å². The van der Waals surface area contributed by atoms with Gasteiger partial charge in [-0.2, -0.15) is 0 Å². The summed E-state index contributed by atoms with van der Waals surface area (Å²) in [4.78, 5) is 14.2. The minimum absolute atomic E-state index is 0.108. The van der Waals surface area contributed by atoms with Crippen LogP contribution in [-0.4, -0.2) is 54.7 Å². The molecule has 0 saturated carbocycles. The van der Waals surface area contributed by atoms with Gasteiger partial charge >= 0.3 is 0 Å². The van der Waals surface area contributed by atoms with Crippen molar-refractivity contribution in [2.75, 3.05) is 38.2 Å². The van der Waals surface area contributed by atoms with Crippen molar-refractivity contribution in [1.82, 2.24) is 4.90 Å². The summed E-state index contributed by atoms with van der Waals surface area (Å²) in [6.45, 7) is 3.71. The van der Waals surface area contributed by atoms with Gasteiger partial charge in [0.2, 0.25) is 0 Å². The van der Waals surface area contributed by atoms with E-state index in [2.05, 4.69) is 5.32 Å². The lowest BCUT2D eigenvalue weighted by molar-refractivity contribution is -0.113. The van der Waals surface area contributed by atoms with Crippen molar-refractivity contribution < 1.29 is 19.4 Å². The summed E-state index contributed by atoms with van der Waals surface area (Å²) in [5.74, 6) is -1.32. The molecular weight excluding hydrogens is 334 g/mol. The molecule has 1 heterocycles. The van der Waals surface area contributed by atoms with Gasteiger partial charge in [0.15, 0.2) is 5.57 Å². The lowest BCUT2D eigenvalue weighted by Crippen LogP contribution is -2.43. The van der Waals surface area contributed by atoms with E-state index in [9.17, 15) is 9.90 Å². The number of carbonyl (C=O) groups is 1. The first-order valence-electron chi connectivity index (χ1n) is 7.57. The van der Waals surface area contributed by atoms with E-state index in [-0.39, 0.29) is 18.0 Å². The number of aliphatic hydroxyl groups excluding tert-OH is 1. The summed E-state index contributed by atoms with van der Waals surface area (Å²) in [5.41, 5.74) is 0.239. The second-order valence-electron chi connectivity index (χ2n) is 5.03. The van der Waals surface area contributed by atoms with Gasteiger partial charge in [-0.15, -0.1) is 0 Å². The number of carbonyl (C=O) groups excluding carboxylic acids is 1. The molecular formula is C16H20ClN3O4. The maximum atomic E-state index is 12.6. The number of anilines is 1. The molecule has 1 amide bonds. The molecule has 24 heavy (non-hydrogen) atoms. The van der Waals surface area contributed by atoms with Crippen molar-refractivity contribution in [3.05, 3.63) is 40.8 Å². The number of amidine groups is 1. The van der Waals surface area contributed by atoms with Crippen molar-refractivity contribution in [2.45, 2.75) is 6.92 Å². The van der Waals surface area contributed by atoms with E-state index in [0.717, 1.165) is 0 Å². The molecule has 0 aliphatic carbocycles. The highest BCUT2D eigenvalue weighted by atomic mass is 35.5. The van der Waals surface area contributed by atoms with Crippen LogP contribution in [0.2, 0.25) is 5.02 Å². The van der Waals surface area contributed by atoms with Gasteiger partial charge in [-0.3, -0.25) is 10.2 Å². The quantitative estimate of drug-likeness (QED) is 0.327. The molecule has 0 unspecified atom stereocenters. The highest BCUT2D eigenvalue weighted by Crippen LogP contribution is 2.18. The topological polar surface area (TPSA) is 94.9 Å². The van der Waals surface area contributed by atoms with Crippen LogP contribution in [0.3, 0.4) is 0 Å². The maximum absolute atomic E-state index is 12.6. The molecule has 7 nitrogen and oxygen atoms in total. The number of hydrogen-bond acceptors (Lipinski definition) is 5. The Morgan fingerprint density at radius 1 is 1.46 bits per heavy atom. The lowest BCUT2D eigenvalue weighted by Gasteiger charge is -2.29. The number of nitrogens with one attached hydrogen (secondary N) is 2. The van der Waals surface area contributed by atoms with Crippen LogP contribution in [0, 0.1) is 5.41 Å². The van der Waals surface area contributed by atoms with Crippen LogP contribution in [0.25, 0.3) is 0 Å². The molecule has 0 bridgehead atoms. The van der Waals surface area contributed by atoms with Gasteiger partial charge in [0, 0.05) is 23.8 Å². The first-order chi connectivity index (χ1) is 11.5. The zero-order chi connectivity index (χ0) is 17.5. The van der Waals surface area contributed by atoms with Gasteiger partial charge in [-0.05, 0) is 25.1 Å². The predicted octanol–water partition coefficient (Wildman–Crippen LogP) is 2.39. The van der Waals surface area contributed by atoms with Crippen LogP contribution >= 0.6 is 11.6 Å². The van der Waals surface area contributed by atoms with Crippen LogP contribution in [0.15, 0.2) is 35.8 Å². The third-order valence-corrected chi connectivity index (χ3v) is 3.60.